The fourth-order valence-corrected chi connectivity index (χ4v) is 6.99. The zero-order valence-electron chi connectivity index (χ0n) is 19.5. The fraction of sp³-hybridized carbons (Fsp3) is 0.375. The van der Waals surface area contributed by atoms with E-state index in [1.54, 1.807) is 4.57 Å². The monoisotopic (exact) mass is 576 g/mol. The molecule has 4 aromatic rings. The molecule has 37 heavy (non-hydrogen) atoms. The van der Waals surface area contributed by atoms with E-state index in [1.807, 2.05) is 12.1 Å². The third-order valence-corrected chi connectivity index (χ3v) is 9.31. The number of aromatic carboxylic acids is 1. The number of fused-ring (bicyclic) bond motifs is 1. The highest BCUT2D eigenvalue weighted by Crippen LogP contribution is 2.34. The van der Waals surface area contributed by atoms with Gasteiger partial charge in [-0.1, -0.05) is 34.5 Å². The predicted molar refractivity (Wildman–Crippen MR) is 144 cm³/mol. The van der Waals surface area contributed by atoms with Crippen molar-refractivity contribution in [3.05, 3.63) is 50.0 Å². The van der Waals surface area contributed by atoms with E-state index < -0.39 is 5.97 Å². The topological polar surface area (TPSA) is 113 Å². The molecule has 6 rings (SSSR count). The predicted octanol–water partition coefficient (Wildman–Crippen LogP) is 5.03. The number of aromatic nitrogens is 4. The molecule has 1 aliphatic heterocycles. The first-order chi connectivity index (χ1) is 17.9. The van der Waals surface area contributed by atoms with Gasteiger partial charge < -0.3 is 19.9 Å². The first-order valence-corrected chi connectivity index (χ1v) is 14.3. The van der Waals surface area contributed by atoms with E-state index in [1.165, 1.54) is 47.6 Å². The number of likely N-dealkylation sites (tertiary alicyclic amines) is 1. The van der Waals surface area contributed by atoms with Crippen LogP contribution in [0.25, 0.3) is 20.9 Å². The lowest BCUT2D eigenvalue weighted by Gasteiger charge is -2.32. The molecule has 1 aromatic carbocycles. The van der Waals surface area contributed by atoms with Crippen molar-refractivity contribution in [2.75, 3.05) is 13.1 Å². The second kappa shape index (κ2) is 9.95. The molecule has 2 N–H and O–H groups in total. The van der Waals surface area contributed by atoms with Gasteiger partial charge in [-0.2, -0.15) is 0 Å². The number of hydrogen-bond acceptors (Lipinski definition) is 8. The number of nitrogens with zero attached hydrogens (tertiary/aromatic N) is 5. The van der Waals surface area contributed by atoms with Crippen molar-refractivity contribution >= 4 is 68.8 Å². The molecule has 0 bridgehead atoms. The molecule has 1 saturated carbocycles. The molecule has 0 atom stereocenters. The minimum absolute atomic E-state index is 0.00864. The Morgan fingerprint density at radius 1 is 1.08 bits per heavy atom. The molecule has 1 aliphatic carbocycles. The van der Waals surface area contributed by atoms with Gasteiger partial charge in [0, 0.05) is 25.2 Å². The van der Waals surface area contributed by atoms with Crippen molar-refractivity contribution in [3.8, 4) is 9.88 Å². The molecule has 192 valence electrons. The Kier molecular flexibility index (Phi) is 6.66. The highest BCUT2D eigenvalue weighted by atomic mass is 35.5. The van der Waals surface area contributed by atoms with Crippen LogP contribution in [0.5, 0.6) is 0 Å². The maximum atomic E-state index is 13.5. The third kappa shape index (κ3) is 5.10. The van der Waals surface area contributed by atoms with Gasteiger partial charge in [0.05, 0.1) is 37.4 Å². The van der Waals surface area contributed by atoms with Gasteiger partial charge in [0.1, 0.15) is 5.01 Å². The average molecular weight is 578 g/mol. The molecule has 1 amide bonds. The van der Waals surface area contributed by atoms with Crippen LogP contribution in [0.4, 0.5) is 0 Å². The number of carbonyl (C=O) groups is 2. The van der Waals surface area contributed by atoms with Crippen molar-refractivity contribution in [1.29, 1.82) is 0 Å². The van der Waals surface area contributed by atoms with Crippen LogP contribution in [-0.4, -0.2) is 66.8 Å². The van der Waals surface area contributed by atoms with Crippen LogP contribution < -0.4 is 5.32 Å². The molecule has 2 fully saturated rings. The summed E-state index contributed by atoms with van der Waals surface area (Å²) in [5.41, 5.74) is 0.832. The Labute approximate surface area is 230 Å². The first-order valence-electron chi connectivity index (χ1n) is 11.9. The number of carboxylic acid groups (broad SMARTS) is 1. The molecule has 1 saturated heterocycles. The number of carbonyl (C=O) groups excluding carboxylic acids is 1. The van der Waals surface area contributed by atoms with Gasteiger partial charge in [0.15, 0.2) is 10.8 Å². The summed E-state index contributed by atoms with van der Waals surface area (Å²) >= 11 is 15.4. The normalized spacial score (nSPS) is 16.9. The van der Waals surface area contributed by atoms with E-state index in [4.69, 9.17) is 23.2 Å². The number of nitrogens with one attached hydrogen (secondary N) is 1. The summed E-state index contributed by atoms with van der Waals surface area (Å²) in [5, 5.41) is 22.8. The summed E-state index contributed by atoms with van der Waals surface area (Å²) in [5.74, 6) is -1.26. The van der Waals surface area contributed by atoms with Gasteiger partial charge in [-0.3, -0.25) is 4.79 Å². The summed E-state index contributed by atoms with van der Waals surface area (Å²) in [4.78, 5) is 33.0. The highest BCUT2D eigenvalue weighted by Gasteiger charge is 2.33. The van der Waals surface area contributed by atoms with Crippen molar-refractivity contribution < 1.29 is 14.7 Å². The number of benzene rings is 1. The largest absolute Gasteiger partial charge is 0.478 e. The van der Waals surface area contributed by atoms with Gasteiger partial charge in [-0.05, 0) is 49.9 Å². The van der Waals surface area contributed by atoms with E-state index >= 15 is 0 Å². The van der Waals surface area contributed by atoms with E-state index in [9.17, 15) is 14.7 Å². The molecule has 2 aliphatic rings. The number of carboxylic acids is 1. The Morgan fingerprint density at radius 3 is 2.54 bits per heavy atom. The summed E-state index contributed by atoms with van der Waals surface area (Å²) in [6.45, 7) is 2.16. The second-order valence-corrected chi connectivity index (χ2v) is 12.5. The Morgan fingerprint density at radius 2 is 1.86 bits per heavy atom. The van der Waals surface area contributed by atoms with Crippen LogP contribution >= 0.6 is 45.9 Å². The van der Waals surface area contributed by atoms with Gasteiger partial charge in [-0.15, -0.1) is 21.5 Å². The van der Waals surface area contributed by atoms with Crippen LogP contribution in [0.2, 0.25) is 9.36 Å². The maximum Gasteiger partial charge on any atom is 0.335 e. The van der Waals surface area contributed by atoms with E-state index in [-0.39, 0.29) is 34.9 Å². The fourth-order valence-electron chi connectivity index (χ4n) is 4.75. The molecule has 3 aromatic heterocycles. The summed E-state index contributed by atoms with van der Waals surface area (Å²) in [6.07, 6.45) is 4.31. The molecule has 13 heteroatoms. The zero-order valence-corrected chi connectivity index (χ0v) is 22.6. The first kappa shape index (κ1) is 24.7. The molecular formula is C24H22Cl2N6O3S2. The van der Waals surface area contributed by atoms with Crippen LogP contribution in [0.3, 0.4) is 0 Å². The second-order valence-electron chi connectivity index (χ2n) is 9.27. The summed E-state index contributed by atoms with van der Waals surface area (Å²) in [6, 6.07) is 7.28. The van der Waals surface area contributed by atoms with E-state index in [0.717, 1.165) is 35.8 Å². The lowest BCUT2D eigenvalue weighted by atomic mass is 10.0. The van der Waals surface area contributed by atoms with Crippen LogP contribution in [0, 0.1) is 0 Å². The average Bonchev–Trinajstić information content (AvgIpc) is 3.27. The number of hydrogen-bond donors (Lipinski definition) is 2. The van der Waals surface area contributed by atoms with E-state index in [2.05, 4.69) is 25.4 Å². The van der Waals surface area contributed by atoms with E-state index in [0.29, 0.717) is 26.4 Å². The van der Waals surface area contributed by atoms with Crippen LogP contribution in [-0.2, 0) is 6.54 Å². The van der Waals surface area contributed by atoms with Crippen LogP contribution in [0.1, 0.15) is 51.7 Å². The minimum atomic E-state index is -1.12. The van der Waals surface area contributed by atoms with Crippen LogP contribution in [0.15, 0.2) is 24.3 Å². The highest BCUT2D eigenvalue weighted by molar-refractivity contribution is 7.23. The molecule has 0 spiro atoms. The number of halogens is 2. The number of imidazole rings is 1. The molecular weight excluding hydrogens is 555 g/mol. The minimum Gasteiger partial charge on any atom is -0.478 e. The van der Waals surface area contributed by atoms with Crippen molar-refractivity contribution in [2.24, 2.45) is 0 Å². The maximum absolute atomic E-state index is 13.5. The Balaban J connectivity index is 1.31. The van der Waals surface area contributed by atoms with Crippen molar-refractivity contribution in [3.63, 3.8) is 0 Å². The Hall–Kier alpha value is -2.57. The SMILES string of the molecule is O=C(O)c1cc(Cl)c2c(c1)nc(C(=O)NC1CCN(C3CC3)CC1)n2Cc1nnc(-c2ccc(Cl)s2)s1. The zero-order chi connectivity index (χ0) is 25.7. The molecule has 9 nitrogen and oxygen atoms in total. The van der Waals surface area contributed by atoms with Crippen molar-refractivity contribution in [1.82, 2.24) is 30.0 Å². The lowest BCUT2D eigenvalue weighted by Crippen LogP contribution is -2.45. The molecule has 0 unspecified atom stereocenters. The van der Waals surface area contributed by atoms with Gasteiger partial charge in [0.2, 0.25) is 0 Å². The van der Waals surface area contributed by atoms with Gasteiger partial charge >= 0.3 is 5.97 Å². The number of piperidine rings is 1. The summed E-state index contributed by atoms with van der Waals surface area (Å²) < 4.78 is 2.36. The standard InChI is InChI=1S/C24H22Cl2N6O3S2/c25-15-9-12(24(34)35)10-16-20(15)32(11-19-29-30-23(37-19)17-3-4-18(26)36-17)21(28-16)22(33)27-13-5-7-31(8-6-13)14-1-2-14/h3-4,9-10,13-14H,1-2,5-8,11H2,(H,27,33)(H,34,35). The molecule has 0 radical (unpaired) electrons. The van der Waals surface area contributed by atoms with Gasteiger partial charge in [-0.25, -0.2) is 9.78 Å². The van der Waals surface area contributed by atoms with Gasteiger partial charge in [0.25, 0.3) is 5.91 Å². The van der Waals surface area contributed by atoms with Crippen molar-refractivity contribution in [2.45, 2.75) is 44.3 Å². The Bertz CT molecular complexity index is 1500. The molecule has 4 heterocycles. The smallest absolute Gasteiger partial charge is 0.335 e. The number of thiophene rings is 1. The quantitative estimate of drug-likeness (QED) is 0.317. The number of amides is 1. The number of rotatable bonds is 7. The lowest BCUT2D eigenvalue weighted by molar-refractivity contribution is 0.0696. The third-order valence-electron chi connectivity index (χ3n) is 6.72. The summed E-state index contributed by atoms with van der Waals surface area (Å²) in [7, 11) is 0.